The Morgan fingerprint density at radius 2 is 2.14 bits per heavy atom. The molecule has 2 aliphatic heterocycles. The highest BCUT2D eigenvalue weighted by molar-refractivity contribution is 6.02. The van der Waals surface area contributed by atoms with E-state index >= 15 is 0 Å². The summed E-state index contributed by atoms with van der Waals surface area (Å²) < 4.78 is 0. The van der Waals surface area contributed by atoms with Crippen molar-refractivity contribution >= 4 is 17.5 Å². The van der Waals surface area contributed by atoms with Crippen molar-refractivity contribution in [1.29, 1.82) is 0 Å². The second-order valence-electron chi connectivity index (χ2n) is 6.21. The van der Waals surface area contributed by atoms with Gasteiger partial charge < -0.3 is 15.5 Å². The van der Waals surface area contributed by atoms with Gasteiger partial charge in [-0.05, 0) is 38.8 Å². The number of carbonyl (C=O) groups is 2. The molecule has 0 aliphatic carbocycles. The number of hydrogen-bond donors (Lipinski definition) is 2. The van der Waals surface area contributed by atoms with Crippen LogP contribution in [0.2, 0.25) is 0 Å². The van der Waals surface area contributed by atoms with Gasteiger partial charge in [-0.15, -0.1) is 0 Å². The maximum atomic E-state index is 12.7. The first-order chi connectivity index (χ1) is 10.5. The van der Waals surface area contributed by atoms with E-state index in [4.69, 9.17) is 0 Å². The number of fused-ring (bicyclic) bond motifs is 1. The molecule has 1 saturated heterocycles. The third-order valence-electron chi connectivity index (χ3n) is 4.14. The summed E-state index contributed by atoms with van der Waals surface area (Å²) in [5.74, 6) is -0.189. The second-order valence-corrected chi connectivity index (χ2v) is 6.21. The lowest BCUT2D eigenvalue weighted by Gasteiger charge is -2.31. The third kappa shape index (κ3) is 2.47. The van der Waals surface area contributed by atoms with Gasteiger partial charge in [0.25, 0.3) is 5.91 Å². The summed E-state index contributed by atoms with van der Waals surface area (Å²) in [4.78, 5) is 26.5. The first-order valence-corrected chi connectivity index (χ1v) is 7.65. The van der Waals surface area contributed by atoms with Gasteiger partial charge >= 0.3 is 0 Å². The Hall–Kier alpha value is -2.30. The van der Waals surface area contributed by atoms with E-state index in [2.05, 4.69) is 31.1 Å². The van der Waals surface area contributed by atoms with Crippen molar-refractivity contribution in [3.8, 4) is 0 Å². The number of benzene rings is 1. The van der Waals surface area contributed by atoms with Gasteiger partial charge in [0.05, 0.1) is 0 Å². The molecule has 0 aromatic heterocycles. The van der Waals surface area contributed by atoms with Crippen molar-refractivity contribution in [3.05, 3.63) is 41.6 Å². The lowest BCUT2D eigenvalue weighted by atomic mass is 10.0. The largest absolute Gasteiger partial charge is 0.383 e. The van der Waals surface area contributed by atoms with Gasteiger partial charge in [0, 0.05) is 35.1 Å². The fourth-order valence-electron chi connectivity index (χ4n) is 3.11. The number of nitrogens with zero attached hydrogens (tertiary/aromatic N) is 1. The zero-order valence-corrected chi connectivity index (χ0v) is 13.0. The minimum absolute atomic E-state index is 0.0601. The zero-order chi connectivity index (χ0) is 15.9. The first-order valence-electron chi connectivity index (χ1n) is 7.65. The van der Waals surface area contributed by atoms with Crippen LogP contribution in [0.4, 0.5) is 5.69 Å². The number of allylic oxidation sites excluding steroid dienone is 1. The van der Waals surface area contributed by atoms with Crippen LogP contribution in [0.5, 0.6) is 0 Å². The molecule has 0 saturated carbocycles. The van der Waals surface area contributed by atoms with E-state index < -0.39 is 6.04 Å². The molecular weight excluding hydrogens is 278 g/mol. The second kappa shape index (κ2) is 5.48. The molecule has 1 atom stereocenters. The Morgan fingerprint density at radius 1 is 1.36 bits per heavy atom. The molecule has 1 unspecified atom stereocenters. The van der Waals surface area contributed by atoms with Gasteiger partial charge in [-0.2, -0.15) is 0 Å². The normalized spacial score (nSPS) is 21.1. The lowest BCUT2D eigenvalue weighted by molar-refractivity contribution is -0.126. The van der Waals surface area contributed by atoms with Gasteiger partial charge in [0.15, 0.2) is 0 Å². The van der Waals surface area contributed by atoms with Gasteiger partial charge in [-0.3, -0.25) is 9.59 Å². The van der Waals surface area contributed by atoms with Crippen LogP contribution in [-0.2, 0) is 11.3 Å². The standard InChI is InChI=1S/C17H21N3O2/c1-10(2)18-14-6-4-5-12-13(14)9-20(17(12)22)15-8-7-11(3)19-16(15)21/h4-6,10,15,18H,3,7-9H2,1-2H3,(H,19,21). The molecule has 1 fully saturated rings. The van der Waals surface area contributed by atoms with Gasteiger partial charge in [0.2, 0.25) is 5.91 Å². The van der Waals surface area contributed by atoms with E-state index in [1.165, 1.54) is 0 Å². The van der Waals surface area contributed by atoms with E-state index in [-0.39, 0.29) is 17.9 Å². The molecule has 5 heteroatoms. The highest BCUT2D eigenvalue weighted by Gasteiger charge is 2.38. The number of nitrogens with one attached hydrogen (secondary N) is 2. The number of piperidine rings is 1. The molecule has 5 nitrogen and oxygen atoms in total. The average Bonchev–Trinajstić information content (AvgIpc) is 2.77. The molecule has 2 aliphatic rings. The van der Waals surface area contributed by atoms with Crippen LogP contribution in [-0.4, -0.2) is 28.8 Å². The Labute approximate surface area is 130 Å². The molecule has 116 valence electrons. The molecule has 0 radical (unpaired) electrons. The van der Waals surface area contributed by atoms with E-state index in [0.717, 1.165) is 16.9 Å². The molecule has 2 amide bonds. The number of hydrogen-bond acceptors (Lipinski definition) is 3. The quantitative estimate of drug-likeness (QED) is 0.900. The Morgan fingerprint density at radius 3 is 2.82 bits per heavy atom. The molecule has 0 spiro atoms. The van der Waals surface area contributed by atoms with E-state index in [9.17, 15) is 9.59 Å². The summed E-state index contributed by atoms with van der Waals surface area (Å²) >= 11 is 0. The summed E-state index contributed by atoms with van der Waals surface area (Å²) in [7, 11) is 0. The highest BCUT2D eigenvalue weighted by atomic mass is 16.2. The number of amides is 2. The Kier molecular flexibility index (Phi) is 3.64. The van der Waals surface area contributed by atoms with Crippen LogP contribution < -0.4 is 10.6 Å². The van der Waals surface area contributed by atoms with Crippen LogP contribution in [0, 0.1) is 0 Å². The van der Waals surface area contributed by atoms with Gasteiger partial charge in [-0.25, -0.2) is 0 Å². The van der Waals surface area contributed by atoms with E-state index in [0.29, 0.717) is 24.9 Å². The Balaban J connectivity index is 1.88. The van der Waals surface area contributed by atoms with Crippen LogP contribution in [0.25, 0.3) is 0 Å². The number of anilines is 1. The smallest absolute Gasteiger partial charge is 0.255 e. The van der Waals surface area contributed by atoms with Crippen LogP contribution >= 0.6 is 0 Å². The molecule has 2 heterocycles. The van der Waals surface area contributed by atoms with Crippen LogP contribution in [0.15, 0.2) is 30.5 Å². The van der Waals surface area contributed by atoms with Crippen molar-refractivity contribution < 1.29 is 9.59 Å². The SMILES string of the molecule is C=C1CCC(N2Cc3c(NC(C)C)cccc3C2=O)C(=O)N1. The topological polar surface area (TPSA) is 61.4 Å². The molecular formula is C17H21N3O2. The Bertz CT molecular complexity index is 651. The van der Waals surface area contributed by atoms with Crippen molar-refractivity contribution in [1.82, 2.24) is 10.2 Å². The summed E-state index contributed by atoms with van der Waals surface area (Å²) in [6.45, 7) is 8.39. The highest BCUT2D eigenvalue weighted by Crippen LogP contribution is 2.32. The molecule has 1 aromatic carbocycles. The van der Waals surface area contributed by atoms with Crippen molar-refractivity contribution in [2.45, 2.75) is 45.3 Å². The van der Waals surface area contributed by atoms with E-state index in [1.54, 1.807) is 4.90 Å². The predicted molar refractivity (Wildman–Crippen MR) is 85.4 cm³/mol. The fraction of sp³-hybridized carbons (Fsp3) is 0.412. The summed E-state index contributed by atoms with van der Waals surface area (Å²) in [6.07, 6.45) is 1.35. The van der Waals surface area contributed by atoms with Crippen molar-refractivity contribution in [2.75, 3.05) is 5.32 Å². The minimum atomic E-state index is -0.405. The minimum Gasteiger partial charge on any atom is -0.383 e. The number of carbonyl (C=O) groups excluding carboxylic acids is 2. The lowest BCUT2D eigenvalue weighted by Crippen LogP contribution is -2.49. The zero-order valence-electron chi connectivity index (χ0n) is 13.0. The van der Waals surface area contributed by atoms with Crippen LogP contribution in [0.3, 0.4) is 0 Å². The van der Waals surface area contributed by atoms with Gasteiger partial charge in [-0.1, -0.05) is 12.6 Å². The molecule has 2 N–H and O–H groups in total. The number of rotatable bonds is 3. The monoisotopic (exact) mass is 299 g/mol. The molecule has 1 aromatic rings. The average molecular weight is 299 g/mol. The first kappa shape index (κ1) is 14.6. The van der Waals surface area contributed by atoms with Crippen molar-refractivity contribution in [2.24, 2.45) is 0 Å². The summed E-state index contributed by atoms with van der Waals surface area (Å²) in [5.41, 5.74) is 3.39. The predicted octanol–water partition coefficient (Wildman–Crippen LogP) is 2.25. The van der Waals surface area contributed by atoms with Crippen LogP contribution in [0.1, 0.15) is 42.6 Å². The van der Waals surface area contributed by atoms with E-state index in [1.807, 2.05) is 18.2 Å². The van der Waals surface area contributed by atoms with Gasteiger partial charge in [0.1, 0.15) is 6.04 Å². The maximum Gasteiger partial charge on any atom is 0.255 e. The van der Waals surface area contributed by atoms with Crippen molar-refractivity contribution in [3.63, 3.8) is 0 Å². The summed E-state index contributed by atoms with van der Waals surface area (Å²) in [5, 5.41) is 6.13. The third-order valence-corrected chi connectivity index (χ3v) is 4.14. The molecule has 3 rings (SSSR count). The summed E-state index contributed by atoms with van der Waals surface area (Å²) in [6, 6.07) is 5.59. The molecule has 22 heavy (non-hydrogen) atoms. The maximum absolute atomic E-state index is 12.7. The molecule has 0 bridgehead atoms. The fourth-order valence-corrected chi connectivity index (χ4v) is 3.11.